The van der Waals surface area contributed by atoms with Gasteiger partial charge in [0.15, 0.2) is 5.79 Å². The molecule has 0 bridgehead atoms. The van der Waals surface area contributed by atoms with Crippen LogP contribution in [0.2, 0.25) is 0 Å². The lowest BCUT2D eigenvalue weighted by Crippen LogP contribution is -2.41. The molecule has 2 fully saturated rings. The number of halogens is 1. The quantitative estimate of drug-likeness (QED) is 0.904. The summed E-state index contributed by atoms with van der Waals surface area (Å²) in [6.07, 6.45) is 4.04. The summed E-state index contributed by atoms with van der Waals surface area (Å²) in [4.78, 5) is 1.98. The van der Waals surface area contributed by atoms with E-state index >= 15 is 0 Å². The first-order chi connectivity index (χ1) is 11.1. The highest BCUT2D eigenvalue weighted by atomic mass is 19.1. The molecule has 1 spiro atoms. The summed E-state index contributed by atoms with van der Waals surface area (Å²) in [7, 11) is 3.91. The highest BCUT2D eigenvalue weighted by Crippen LogP contribution is 2.35. The van der Waals surface area contributed by atoms with Crippen molar-refractivity contribution >= 4 is 0 Å². The van der Waals surface area contributed by atoms with Gasteiger partial charge in [-0.2, -0.15) is 0 Å². The van der Waals surface area contributed by atoms with Crippen molar-refractivity contribution in [2.75, 3.05) is 27.3 Å². The smallest absolute Gasteiger partial charge is 0.168 e. The van der Waals surface area contributed by atoms with Gasteiger partial charge in [0.1, 0.15) is 5.82 Å². The molecule has 2 aliphatic rings. The van der Waals surface area contributed by atoms with Crippen molar-refractivity contribution in [3.05, 3.63) is 35.1 Å². The first-order valence-electron chi connectivity index (χ1n) is 8.50. The van der Waals surface area contributed by atoms with E-state index in [0.29, 0.717) is 12.6 Å². The van der Waals surface area contributed by atoms with E-state index in [1.165, 1.54) is 0 Å². The Balaban J connectivity index is 1.51. The van der Waals surface area contributed by atoms with Gasteiger partial charge in [-0.25, -0.2) is 4.39 Å². The van der Waals surface area contributed by atoms with E-state index < -0.39 is 0 Å². The fourth-order valence-corrected chi connectivity index (χ4v) is 3.51. The highest BCUT2D eigenvalue weighted by Gasteiger charge is 2.40. The zero-order valence-electron chi connectivity index (χ0n) is 14.1. The van der Waals surface area contributed by atoms with Crippen LogP contribution in [0.5, 0.6) is 0 Å². The summed E-state index contributed by atoms with van der Waals surface area (Å²) in [5.74, 6) is -0.426. The van der Waals surface area contributed by atoms with E-state index in [1.807, 2.05) is 31.1 Å². The van der Waals surface area contributed by atoms with Crippen molar-refractivity contribution < 1.29 is 13.9 Å². The minimum Gasteiger partial charge on any atom is -0.348 e. The standard InChI is InChI=1S/C18H27FN2O2/c1-21(2)13-15-11-14(3-4-17(15)19)12-20-16-5-7-18(8-6-16)22-9-10-23-18/h3-4,11,16,20H,5-10,12-13H2,1-2H3. The molecule has 23 heavy (non-hydrogen) atoms. The maximum atomic E-state index is 13.8. The first-order valence-corrected chi connectivity index (χ1v) is 8.50. The number of nitrogens with zero attached hydrogens (tertiary/aromatic N) is 1. The van der Waals surface area contributed by atoms with Crippen molar-refractivity contribution in [1.29, 1.82) is 0 Å². The second-order valence-corrected chi connectivity index (χ2v) is 6.93. The van der Waals surface area contributed by atoms with Crippen molar-refractivity contribution in [2.24, 2.45) is 0 Å². The molecule has 1 aromatic carbocycles. The topological polar surface area (TPSA) is 33.7 Å². The van der Waals surface area contributed by atoms with Crippen molar-refractivity contribution in [1.82, 2.24) is 10.2 Å². The minimum atomic E-state index is -0.299. The Morgan fingerprint density at radius 1 is 1.22 bits per heavy atom. The molecule has 0 atom stereocenters. The third-order valence-corrected chi connectivity index (χ3v) is 4.75. The summed E-state index contributed by atoms with van der Waals surface area (Å²) >= 11 is 0. The molecule has 3 rings (SSSR count). The van der Waals surface area contributed by atoms with Gasteiger partial charge in [-0.05, 0) is 38.6 Å². The Kier molecular flexibility index (Phi) is 5.31. The number of rotatable bonds is 5. The van der Waals surface area contributed by atoms with Gasteiger partial charge in [0, 0.05) is 37.5 Å². The summed E-state index contributed by atoms with van der Waals surface area (Å²) in [6.45, 7) is 2.85. The van der Waals surface area contributed by atoms with E-state index in [1.54, 1.807) is 6.07 Å². The molecule has 1 heterocycles. The summed E-state index contributed by atoms with van der Waals surface area (Å²) in [6, 6.07) is 5.90. The van der Waals surface area contributed by atoms with Crippen molar-refractivity contribution in [2.45, 2.75) is 50.6 Å². The van der Waals surface area contributed by atoms with Crippen molar-refractivity contribution in [3.63, 3.8) is 0 Å². The van der Waals surface area contributed by atoms with Crippen LogP contribution in [-0.2, 0) is 22.6 Å². The highest BCUT2D eigenvalue weighted by molar-refractivity contribution is 5.25. The Hall–Kier alpha value is -1.01. The molecule has 1 aliphatic heterocycles. The van der Waals surface area contributed by atoms with Gasteiger partial charge in [0.05, 0.1) is 13.2 Å². The van der Waals surface area contributed by atoms with Crippen LogP contribution in [0.1, 0.15) is 36.8 Å². The largest absolute Gasteiger partial charge is 0.348 e. The fourth-order valence-electron chi connectivity index (χ4n) is 3.51. The lowest BCUT2D eigenvalue weighted by atomic mass is 9.90. The van der Waals surface area contributed by atoms with Crippen LogP contribution in [-0.4, -0.2) is 44.0 Å². The van der Waals surface area contributed by atoms with Crippen LogP contribution in [0.25, 0.3) is 0 Å². The van der Waals surface area contributed by atoms with Crippen LogP contribution >= 0.6 is 0 Å². The van der Waals surface area contributed by atoms with Crippen LogP contribution in [0.15, 0.2) is 18.2 Å². The first kappa shape index (κ1) is 16.8. The zero-order valence-corrected chi connectivity index (χ0v) is 14.1. The van der Waals surface area contributed by atoms with Crippen LogP contribution in [0.3, 0.4) is 0 Å². The average molecular weight is 322 g/mol. The maximum Gasteiger partial charge on any atom is 0.168 e. The molecule has 1 aliphatic carbocycles. The summed E-state index contributed by atoms with van der Waals surface area (Å²) < 4.78 is 25.3. The second-order valence-electron chi connectivity index (χ2n) is 6.93. The number of hydrogen-bond acceptors (Lipinski definition) is 4. The second kappa shape index (κ2) is 7.26. The van der Waals surface area contributed by atoms with Crippen LogP contribution in [0.4, 0.5) is 4.39 Å². The summed E-state index contributed by atoms with van der Waals surface area (Å²) in [5.41, 5.74) is 1.89. The predicted octanol–water partition coefficient (Wildman–Crippen LogP) is 2.66. The van der Waals surface area contributed by atoms with Gasteiger partial charge < -0.3 is 19.7 Å². The average Bonchev–Trinajstić information content (AvgIpc) is 2.97. The zero-order chi connectivity index (χ0) is 16.3. The number of ether oxygens (including phenoxy) is 2. The Morgan fingerprint density at radius 3 is 2.57 bits per heavy atom. The molecule has 1 saturated carbocycles. The molecule has 128 valence electrons. The molecule has 1 N–H and O–H groups in total. The molecule has 0 radical (unpaired) electrons. The van der Waals surface area contributed by atoms with E-state index in [0.717, 1.165) is 56.6 Å². The molecule has 0 aromatic heterocycles. The molecule has 1 aromatic rings. The van der Waals surface area contributed by atoms with E-state index in [2.05, 4.69) is 5.32 Å². The van der Waals surface area contributed by atoms with Gasteiger partial charge in [-0.1, -0.05) is 12.1 Å². The molecule has 0 unspecified atom stereocenters. The lowest BCUT2D eigenvalue weighted by Gasteiger charge is -2.35. The van der Waals surface area contributed by atoms with Crippen molar-refractivity contribution in [3.8, 4) is 0 Å². The summed E-state index contributed by atoms with van der Waals surface area (Å²) in [5, 5.41) is 3.60. The lowest BCUT2D eigenvalue weighted by molar-refractivity contribution is -0.179. The molecular formula is C18H27FN2O2. The molecular weight excluding hydrogens is 295 g/mol. The van der Waals surface area contributed by atoms with Crippen LogP contribution in [0, 0.1) is 5.82 Å². The number of nitrogens with one attached hydrogen (secondary N) is 1. The molecule has 1 saturated heterocycles. The van der Waals surface area contributed by atoms with Gasteiger partial charge >= 0.3 is 0 Å². The van der Waals surface area contributed by atoms with Gasteiger partial charge in [0.2, 0.25) is 0 Å². The molecule has 0 amide bonds. The van der Waals surface area contributed by atoms with Gasteiger partial charge in [-0.15, -0.1) is 0 Å². The number of hydrogen-bond donors (Lipinski definition) is 1. The Morgan fingerprint density at radius 2 is 1.91 bits per heavy atom. The molecule has 4 nitrogen and oxygen atoms in total. The van der Waals surface area contributed by atoms with Gasteiger partial charge in [-0.3, -0.25) is 0 Å². The van der Waals surface area contributed by atoms with Crippen LogP contribution < -0.4 is 5.32 Å². The number of benzene rings is 1. The molecule has 5 heteroatoms. The van der Waals surface area contributed by atoms with E-state index in [4.69, 9.17) is 9.47 Å². The monoisotopic (exact) mass is 322 g/mol. The predicted molar refractivity (Wildman–Crippen MR) is 87.5 cm³/mol. The van der Waals surface area contributed by atoms with Gasteiger partial charge in [0.25, 0.3) is 0 Å². The minimum absolute atomic E-state index is 0.127. The SMILES string of the molecule is CN(C)Cc1cc(CNC2CCC3(CC2)OCCO3)ccc1F. The Labute approximate surface area is 138 Å². The normalized spacial score (nSPS) is 21.4. The Bertz CT molecular complexity index is 520. The third kappa shape index (κ3) is 4.29. The third-order valence-electron chi connectivity index (χ3n) is 4.75. The maximum absolute atomic E-state index is 13.8. The fraction of sp³-hybridized carbons (Fsp3) is 0.667. The van der Waals surface area contributed by atoms with E-state index in [-0.39, 0.29) is 11.6 Å². The van der Waals surface area contributed by atoms with E-state index in [9.17, 15) is 4.39 Å².